The van der Waals surface area contributed by atoms with Crippen LogP contribution < -0.4 is 4.90 Å². The van der Waals surface area contributed by atoms with E-state index >= 15 is 0 Å². The van der Waals surface area contributed by atoms with E-state index in [2.05, 4.69) is 37.2 Å². The Hall–Kier alpha value is -2.79. The van der Waals surface area contributed by atoms with Gasteiger partial charge in [-0.1, -0.05) is 19.9 Å². The van der Waals surface area contributed by atoms with Gasteiger partial charge in [0.15, 0.2) is 11.8 Å². The van der Waals surface area contributed by atoms with Crippen LogP contribution in [0.2, 0.25) is 0 Å². The van der Waals surface area contributed by atoms with E-state index in [4.69, 9.17) is 0 Å². The number of fused-ring (bicyclic) bond motifs is 2. The molecule has 0 bridgehead atoms. The standard InChI is InChI=1S/C29H36N2O6S2/c1-18(2)30-24-14-12-20(38(32,33)34)16-22(24)28(5,6)26(30)10-9-11-27-29(7,8)23-17-21(39(35,36)37)13-15-25(23)31(27)19(3)4/h9-19H,1-8H3,(H-,32,33,34,35,36,37)/p-1. The van der Waals surface area contributed by atoms with Crippen molar-refractivity contribution < 1.29 is 30.5 Å². The summed E-state index contributed by atoms with van der Waals surface area (Å²) in [6.07, 6.45) is 5.96. The molecule has 0 fully saturated rings. The predicted molar refractivity (Wildman–Crippen MR) is 150 cm³/mol. The lowest BCUT2D eigenvalue weighted by Gasteiger charge is -2.30. The van der Waals surface area contributed by atoms with Crippen molar-refractivity contribution in [2.24, 2.45) is 0 Å². The molecule has 0 radical (unpaired) electrons. The zero-order chi connectivity index (χ0) is 29.3. The lowest BCUT2D eigenvalue weighted by Crippen LogP contribution is -2.31. The second-order valence-electron chi connectivity index (χ2n) is 11.7. The highest BCUT2D eigenvalue weighted by molar-refractivity contribution is 7.86. The van der Waals surface area contributed by atoms with Crippen molar-refractivity contribution in [1.29, 1.82) is 0 Å². The summed E-state index contributed by atoms with van der Waals surface area (Å²) >= 11 is 0. The summed E-state index contributed by atoms with van der Waals surface area (Å²) in [5.41, 5.74) is 4.02. The van der Waals surface area contributed by atoms with Gasteiger partial charge in [-0.3, -0.25) is 0 Å². The van der Waals surface area contributed by atoms with E-state index in [0.29, 0.717) is 0 Å². The molecule has 0 amide bonds. The maximum atomic E-state index is 11.7. The lowest BCUT2D eigenvalue weighted by atomic mass is 9.81. The summed E-state index contributed by atoms with van der Waals surface area (Å²) in [7, 11) is -9.18. The van der Waals surface area contributed by atoms with Gasteiger partial charge in [0.2, 0.25) is 5.69 Å². The molecule has 0 aromatic heterocycles. The average Bonchev–Trinajstić information content (AvgIpc) is 3.16. The van der Waals surface area contributed by atoms with Crippen LogP contribution in [0.15, 0.2) is 70.1 Å². The molecule has 2 heterocycles. The highest BCUT2D eigenvalue weighted by Crippen LogP contribution is 2.49. The van der Waals surface area contributed by atoms with E-state index in [0.717, 1.165) is 33.9 Å². The normalized spacial score (nSPS) is 19.6. The Morgan fingerprint density at radius 1 is 0.821 bits per heavy atom. The largest absolute Gasteiger partial charge is 0.744 e. The Labute approximate surface area is 231 Å². The summed E-state index contributed by atoms with van der Waals surface area (Å²) in [4.78, 5) is 1.65. The van der Waals surface area contributed by atoms with Crippen LogP contribution >= 0.6 is 0 Å². The van der Waals surface area contributed by atoms with Crippen molar-refractivity contribution in [2.45, 2.75) is 88.1 Å². The monoisotopic (exact) mass is 571 g/mol. The molecule has 10 heteroatoms. The summed E-state index contributed by atoms with van der Waals surface area (Å²) in [5, 5.41) is 0. The van der Waals surface area contributed by atoms with E-state index < -0.39 is 31.1 Å². The lowest BCUT2D eigenvalue weighted by molar-refractivity contribution is -0.472. The van der Waals surface area contributed by atoms with Crippen LogP contribution in [0, 0.1) is 0 Å². The Kier molecular flexibility index (Phi) is 7.04. The second-order valence-corrected chi connectivity index (χ2v) is 14.5. The molecule has 0 N–H and O–H groups in total. The summed E-state index contributed by atoms with van der Waals surface area (Å²) in [6.45, 7) is 16.2. The third-order valence-electron chi connectivity index (χ3n) is 7.72. The van der Waals surface area contributed by atoms with Gasteiger partial charge in [-0.15, -0.1) is 0 Å². The van der Waals surface area contributed by atoms with Crippen molar-refractivity contribution in [3.63, 3.8) is 0 Å². The number of nitrogens with zero attached hydrogens (tertiary/aromatic N) is 2. The molecule has 2 aliphatic rings. The third-order valence-corrected chi connectivity index (χ3v) is 9.38. The zero-order valence-corrected chi connectivity index (χ0v) is 25.1. The van der Waals surface area contributed by atoms with Gasteiger partial charge < -0.3 is 14.0 Å². The summed E-state index contributed by atoms with van der Waals surface area (Å²) < 4.78 is 72.5. The quantitative estimate of drug-likeness (QED) is 0.356. The summed E-state index contributed by atoms with van der Waals surface area (Å²) in [6, 6.07) is 9.20. The van der Waals surface area contributed by atoms with E-state index in [-0.39, 0.29) is 21.9 Å². The molecule has 0 saturated carbocycles. The molecule has 39 heavy (non-hydrogen) atoms. The molecular weight excluding hydrogens is 536 g/mol. The molecule has 4 rings (SSSR count). The molecule has 2 aliphatic heterocycles. The number of hydrogen-bond acceptors (Lipinski definition) is 7. The van der Waals surface area contributed by atoms with Crippen LogP contribution in [0.4, 0.5) is 11.4 Å². The van der Waals surface area contributed by atoms with Crippen LogP contribution in [-0.2, 0) is 31.1 Å². The van der Waals surface area contributed by atoms with Crippen LogP contribution in [0.3, 0.4) is 0 Å². The highest BCUT2D eigenvalue weighted by Gasteiger charge is 2.46. The second kappa shape index (κ2) is 9.40. The van der Waals surface area contributed by atoms with Gasteiger partial charge in [-0.25, -0.2) is 16.8 Å². The maximum Gasteiger partial charge on any atom is 0.210 e. The highest BCUT2D eigenvalue weighted by atomic mass is 32.2. The van der Waals surface area contributed by atoms with E-state index in [1.807, 2.05) is 45.9 Å². The Morgan fingerprint density at radius 3 is 1.87 bits per heavy atom. The van der Waals surface area contributed by atoms with Crippen LogP contribution in [-0.4, -0.2) is 48.3 Å². The molecule has 0 spiro atoms. The van der Waals surface area contributed by atoms with E-state index in [1.165, 1.54) is 24.3 Å². The molecule has 0 saturated heterocycles. The molecule has 0 aliphatic carbocycles. The van der Waals surface area contributed by atoms with Gasteiger partial charge in [0, 0.05) is 40.5 Å². The van der Waals surface area contributed by atoms with Gasteiger partial charge in [0.25, 0.3) is 0 Å². The fourth-order valence-corrected chi connectivity index (χ4v) is 6.81. The van der Waals surface area contributed by atoms with Crippen molar-refractivity contribution in [1.82, 2.24) is 0 Å². The smallest absolute Gasteiger partial charge is 0.210 e. The van der Waals surface area contributed by atoms with Gasteiger partial charge in [0.1, 0.15) is 20.2 Å². The Morgan fingerprint density at radius 2 is 1.36 bits per heavy atom. The molecule has 8 nitrogen and oxygen atoms in total. The summed E-state index contributed by atoms with van der Waals surface area (Å²) in [5.74, 6) is 0. The molecule has 0 atom stereocenters. The number of rotatable bonds is 6. The Bertz CT molecular complexity index is 1660. The molecule has 0 unspecified atom stereocenters. The van der Waals surface area contributed by atoms with Gasteiger partial charge >= 0.3 is 0 Å². The van der Waals surface area contributed by atoms with E-state index in [9.17, 15) is 25.9 Å². The van der Waals surface area contributed by atoms with Gasteiger partial charge in [-0.2, -0.15) is 4.58 Å². The number of hydrogen-bond donors (Lipinski definition) is 0. The van der Waals surface area contributed by atoms with Gasteiger partial charge in [-0.05, 0) is 83.5 Å². The third kappa shape index (κ3) is 4.88. The van der Waals surface area contributed by atoms with Crippen LogP contribution in [0.5, 0.6) is 0 Å². The molecule has 2 aromatic carbocycles. The van der Waals surface area contributed by atoms with Crippen molar-refractivity contribution >= 4 is 37.3 Å². The molecular formula is C29H35N2O6S2-. The first kappa shape index (κ1) is 29.2. The molecule has 210 valence electrons. The predicted octanol–water partition coefficient (Wildman–Crippen LogP) is 4.93. The van der Waals surface area contributed by atoms with Crippen molar-refractivity contribution in [3.05, 3.63) is 71.5 Å². The number of allylic oxidation sites excluding steroid dienone is 4. The minimum Gasteiger partial charge on any atom is -0.744 e. The van der Waals surface area contributed by atoms with Crippen molar-refractivity contribution in [3.8, 4) is 0 Å². The fourth-order valence-electron chi connectivity index (χ4n) is 5.82. The van der Waals surface area contributed by atoms with Gasteiger partial charge in [0.05, 0.1) is 15.2 Å². The van der Waals surface area contributed by atoms with E-state index in [1.54, 1.807) is 12.1 Å². The molecule has 2 aromatic rings. The average molecular weight is 572 g/mol. The van der Waals surface area contributed by atoms with Crippen molar-refractivity contribution in [2.75, 3.05) is 4.90 Å². The SMILES string of the molecule is CC(C)N1/C(=C/C=C/C2=[N+](C(C)C)c3ccc(S(=O)(=O)[O-])cc3C2(C)C)C(C)(C)c2cc(S(=O)(=O)[O-])ccc21. The minimum atomic E-state index is -4.59. The first-order valence-corrected chi connectivity index (χ1v) is 15.7. The van der Waals surface area contributed by atoms with Crippen LogP contribution in [0.25, 0.3) is 0 Å². The maximum absolute atomic E-state index is 11.7. The topological polar surface area (TPSA) is 121 Å². The minimum absolute atomic E-state index is 0.0688. The van der Waals surface area contributed by atoms with Crippen LogP contribution in [0.1, 0.15) is 66.5 Å². The Balaban J connectivity index is 1.83. The first-order chi connectivity index (χ1) is 17.8. The zero-order valence-electron chi connectivity index (χ0n) is 23.5. The number of anilines is 1. The fraction of sp³-hybridized carbons (Fsp3) is 0.414. The first-order valence-electron chi connectivity index (χ1n) is 12.8. The number of benzene rings is 2.